The second-order valence-corrected chi connectivity index (χ2v) is 5.93. The Labute approximate surface area is 116 Å². The normalized spacial score (nSPS) is 13.1. The van der Waals surface area contributed by atoms with Gasteiger partial charge in [-0.25, -0.2) is 0 Å². The highest BCUT2D eigenvalue weighted by atomic mass is 16.6. The SMILES string of the molecule is Cc1cccc([C@@H](C)NCCC(=O)OC(C)(C)C)c1. The summed E-state index contributed by atoms with van der Waals surface area (Å²) < 4.78 is 5.27. The van der Waals surface area contributed by atoms with Crippen molar-refractivity contribution in [2.24, 2.45) is 0 Å². The molecule has 0 heterocycles. The van der Waals surface area contributed by atoms with Crippen molar-refractivity contribution in [1.82, 2.24) is 5.32 Å². The number of esters is 1. The van der Waals surface area contributed by atoms with E-state index < -0.39 is 5.60 Å². The summed E-state index contributed by atoms with van der Waals surface area (Å²) in [7, 11) is 0. The van der Waals surface area contributed by atoms with Gasteiger partial charge in [-0.05, 0) is 40.2 Å². The zero-order valence-electron chi connectivity index (χ0n) is 12.6. The maximum atomic E-state index is 11.6. The number of rotatable bonds is 5. The summed E-state index contributed by atoms with van der Waals surface area (Å²) in [6.07, 6.45) is 0.396. The minimum absolute atomic E-state index is 0.156. The quantitative estimate of drug-likeness (QED) is 0.828. The molecule has 0 spiro atoms. The number of hydrogen-bond donors (Lipinski definition) is 1. The molecular formula is C16H25NO2. The molecule has 0 aliphatic heterocycles. The lowest BCUT2D eigenvalue weighted by Crippen LogP contribution is -2.27. The molecule has 1 aromatic carbocycles. The summed E-state index contributed by atoms with van der Waals surface area (Å²) in [5.41, 5.74) is 2.08. The van der Waals surface area contributed by atoms with Crippen molar-refractivity contribution in [3.05, 3.63) is 35.4 Å². The van der Waals surface area contributed by atoms with Crippen LogP contribution in [-0.4, -0.2) is 18.1 Å². The maximum absolute atomic E-state index is 11.6. The van der Waals surface area contributed by atoms with E-state index in [1.54, 1.807) is 0 Å². The van der Waals surface area contributed by atoms with Crippen LogP contribution in [-0.2, 0) is 9.53 Å². The summed E-state index contributed by atoms with van der Waals surface area (Å²) in [5, 5.41) is 3.34. The van der Waals surface area contributed by atoms with Crippen LogP contribution in [0.2, 0.25) is 0 Å². The van der Waals surface area contributed by atoms with Crippen LogP contribution in [0.4, 0.5) is 0 Å². The standard InChI is InChI=1S/C16H25NO2/c1-12-7-6-8-14(11-12)13(2)17-10-9-15(18)19-16(3,4)5/h6-8,11,13,17H,9-10H2,1-5H3/t13-/m1/s1. The van der Waals surface area contributed by atoms with E-state index in [0.29, 0.717) is 13.0 Å². The lowest BCUT2D eigenvalue weighted by Gasteiger charge is -2.20. The fourth-order valence-corrected chi connectivity index (χ4v) is 1.84. The molecule has 19 heavy (non-hydrogen) atoms. The minimum Gasteiger partial charge on any atom is -0.460 e. The summed E-state index contributed by atoms with van der Waals surface area (Å²) in [5.74, 6) is -0.156. The number of carbonyl (C=O) groups excluding carboxylic acids is 1. The maximum Gasteiger partial charge on any atom is 0.307 e. The zero-order valence-corrected chi connectivity index (χ0v) is 12.6. The fraction of sp³-hybridized carbons (Fsp3) is 0.562. The molecule has 0 aliphatic carbocycles. The number of nitrogens with one attached hydrogen (secondary N) is 1. The monoisotopic (exact) mass is 263 g/mol. The van der Waals surface area contributed by atoms with E-state index in [2.05, 4.69) is 43.4 Å². The molecule has 1 N–H and O–H groups in total. The molecule has 0 unspecified atom stereocenters. The Balaban J connectivity index is 2.35. The number of hydrogen-bond acceptors (Lipinski definition) is 3. The molecule has 3 nitrogen and oxygen atoms in total. The van der Waals surface area contributed by atoms with Gasteiger partial charge < -0.3 is 10.1 Å². The minimum atomic E-state index is -0.404. The van der Waals surface area contributed by atoms with Crippen molar-refractivity contribution in [2.75, 3.05) is 6.54 Å². The Hall–Kier alpha value is -1.35. The van der Waals surface area contributed by atoms with E-state index in [0.717, 1.165) is 0 Å². The molecule has 1 aromatic rings. The van der Waals surface area contributed by atoms with E-state index >= 15 is 0 Å². The van der Waals surface area contributed by atoms with E-state index in [1.807, 2.05) is 20.8 Å². The zero-order chi connectivity index (χ0) is 14.5. The molecule has 0 aliphatic rings. The van der Waals surface area contributed by atoms with Gasteiger partial charge in [0.05, 0.1) is 6.42 Å². The van der Waals surface area contributed by atoms with Gasteiger partial charge in [0.25, 0.3) is 0 Å². The van der Waals surface area contributed by atoms with Gasteiger partial charge in [-0.1, -0.05) is 29.8 Å². The molecule has 1 rings (SSSR count). The number of carbonyl (C=O) groups is 1. The van der Waals surface area contributed by atoms with Crippen LogP contribution in [0.15, 0.2) is 24.3 Å². The predicted octanol–water partition coefficient (Wildman–Crippen LogP) is 3.38. The van der Waals surface area contributed by atoms with Gasteiger partial charge in [-0.15, -0.1) is 0 Å². The molecule has 1 atom stereocenters. The van der Waals surface area contributed by atoms with E-state index in [4.69, 9.17) is 4.74 Å². The van der Waals surface area contributed by atoms with Gasteiger partial charge in [0.15, 0.2) is 0 Å². The van der Waals surface area contributed by atoms with Gasteiger partial charge >= 0.3 is 5.97 Å². The second kappa shape index (κ2) is 6.71. The Morgan fingerprint density at radius 2 is 2.05 bits per heavy atom. The van der Waals surface area contributed by atoms with Crippen LogP contribution in [0.3, 0.4) is 0 Å². The third kappa shape index (κ3) is 6.39. The Morgan fingerprint density at radius 3 is 2.63 bits per heavy atom. The molecule has 0 saturated carbocycles. The molecular weight excluding hydrogens is 238 g/mol. The highest BCUT2D eigenvalue weighted by Gasteiger charge is 2.16. The molecule has 0 aromatic heterocycles. The van der Waals surface area contributed by atoms with Crippen molar-refractivity contribution in [2.45, 2.75) is 52.7 Å². The molecule has 106 valence electrons. The van der Waals surface area contributed by atoms with Crippen molar-refractivity contribution >= 4 is 5.97 Å². The summed E-state index contributed by atoms with van der Waals surface area (Å²) >= 11 is 0. The van der Waals surface area contributed by atoms with Crippen LogP contribution >= 0.6 is 0 Å². The van der Waals surface area contributed by atoms with Crippen LogP contribution in [0, 0.1) is 6.92 Å². The number of benzene rings is 1. The third-order valence-corrected chi connectivity index (χ3v) is 2.74. The summed E-state index contributed by atoms with van der Waals surface area (Å²) in [6, 6.07) is 8.62. The third-order valence-electron chi connectivity index (χ3n) is 2.74. The van der Waals surface area contributed by atoms with Gasteiger partial charge in [0.1, 0.15) is 5.60 Å². The lowest BCUT2D eigenvalue weighted by atomic mass is 10.1. The van der Waals surface area contributed by atoms with E-state index in [-0.39, 0.29) is 12.0 Å². The average molecular weight is 263 g/mol. The average Bonchev–Trinajstić information content (AvgIpc) is 2.26. The Kier molecular flexibility index (Phi) is 5.55. The van der Waals surface area contributed by atoms with Gasteiger partial charge in [-0.2, -0.15) is 0 Å². The summed E-state index contributed by atoms with van der Waals surface area (Å²) in [4.78, 5) is 11.6. The highest BCUT2D eigenvalue weighted by Crippen LogP contribution is 2.14. The molecule has 0 radical (unpaired) electrons. The molecule has 0 saturated heterocycles. The second-order valence-electron chi connectivity index (χ2n) is 5.93. The van der Waals surface area contributed by atoms with Crippen LogP contribution < -0.4 is 5.32 Å². The smallest absolute Gasteiger partial charge is 0.307 e. The van der Waals surface area contributed by atoms with Crippen molar-refractivity contribution in [1.29, 1.82) is 0 Å². The lowest BCUT2D eigenvalue weighted by molar-refractivity contribution is -0.154. The fourth-order valence-electron chi connectivity index (χ4n) is 1.84. The first-order valence-corrected chi connectivity index (χ1v) is 6.80. The molecule has 0 bridgehead atoms. The van der Waals surface area contributed by atoms with E-state index in [1.165, 1.54) is 11.1 Å². The van der Waals surface area contributed by atoms with E-state index in [9.17, 15) is 4.79 Å². The first kappa shape index (κ1) is 15.7. The van der Waals surface area contributed by atoms with Crippen LogP contribution in [0.25, 0.3) is 0 Å². The first-order chi connectivity index (χ1) is 8.78. The Morgan fingerprint density at radius 1 is 1.37 bits per heavy atom. The van der Waals surface area contributed by atoms with Gasteiger partial charge in [0, 0.05) is 12.6 Å². The number of ether oxygens (including phenoxy) is 1. The van der Waals surface area contributed by atoms with Gasteiger partial charge in [0.2, 0.25) is 0 Å². The summed E-state index contributed by atoms with van der Waals surface area (Å²) in [6.45, 7) is 10.5. The van der Waals surface area contributed by atoms with Gasteiger partial charge in [-0.3, -0.25) is 4.79 Å². The van der Waals surface area contributed by atoms with Crippen LogP contribution in [0.5, 0.6) is 0 Å². The molecule has 0 amide bonds. The molecule has 3 heteroatoms. The van der Waals surface area contributed by atoms with Crippen molar-refractivity contribution in [3.8, 4) is 0 Å². The molecule has 0 fully saturated rings. The number of aryl methyl sites for hydroxylation is 1. The first-order valence-electron chi connectivity index (χ1n) is 6.80. The van der Waals surface area contributed by atoms with Crippen molar-refractivity contribution in [3.63, 3.8) is 0 Å². The largest absolute Gasteiger partial charge is 0.460 e. The van der Waals surface area contributed by atoms with Crippen molar-refractivity contribution < 1.29 is 9.53 Å². The highest BCUT2D eigenvalue weighted by molar-refractivity contribution is 5.70. The topological polar surface area (TPSA) is 38.3 Å². The van der Waals surface area contributed by atoms with Crippen LogP contribution in [0.1, 0.15) is 51.3 Å². The predicted molar refractivity (Wildman–Crippen MR) is 78.1 cm³/mol. The Bertz CT molecular complexity index is 421.